The summed E-state index contributed by atoms with van der Waals surface area (Å²) >= 11 is 0. The van der Waals surface area contributed by atoms with Crippen molar-refractivity contribution in [1.29, 1.82) is 0 Å². The van der Waals surface area contributed by atoms with Gasteiger partial charge in [-0.15, -0.1) is 59.2 Å². The Labute approximate surface area is 344 Å². The van der Waals surface area contributed by atoms with E-state index in [0.29, 0.717) is 16.8 Å². The molecule has 0 saturated heterocycles. The minimum Gasteiger partial charge on any atom is -0.500 e. The average molecular weight is 899 g/mol. The molecular weight excluding hydrogens is 849 g/mol. The predicted octanol–water partition coefficient (Wildman–Crippen LogP) is 13.3. The number of pyridine rings is 2. The zero-order valence-electron chi connectivity index (χ0n) is 35.7. The van der Waals surface area contributed by atoms with Crippen LogP contribution in [0.4, 0.5) is 0 Å². The first-order chi connectivity index (χ1) is 27.8. The molecule has 1 atom stereocenters. The summed E-state index contributed by atoms with van der Waals surface area (Å²) in [4.78, 5) is 9.17. The molecular formula is C51H46IrN2O-2. The molecule has 1 aliphatic carbocycles. The van der Waals surface area contributed by atoms with Crippen LogP contribution in [0.15, 0.2) is 138 Å². The molecule has 0 aliphatic heterocycles. The van der Waals surface area contributed by atoms with Gasteiger partial charge < -0.3 is 14.4 Å². The molecule has 4 heteroatoms. The zero-order valence-corrected chi connectivity index (χ0v) is 34.1. The van der Waals surface area contributed by atoms with Crippen molar-refractivity contribution < 1.29 is 30.0 Å². The molecule has 55 heavy (non-hydrogen) atoms. The van der Waals surface area contributed by atoms with Crippen molar-refractivity contribution in [3.05, 3.63) is 179 Å². The van der Waals surface area contributed by atoms with Gasteiger partial charge in [-0.1, -0.05) is 112 Å². The molecule has 0 N–H and O–H groups in total. The molecule has 5 aromatic carbocycles. The summed E-state index contributed by atoms with van der Waals surface area (Å²) in [5.41, 5.74) is 12.7. The molecule has 3 aromatic heterocycles. The fourth-order valence-corrected chi connectivity index (χ4v) is 7.41. The smallest absolute Gasteiger partial charge is 0.121 e. The van der Waals surface area contributed by atoms with Crippen LogP contribution >= 0.6 is 0 Å². The van der Waals surface area contributed by atoms with Gasteiger partial charge >= 0.3 is 0 Å². The molecule has 3 heterocycles. The van der Waals surface area contributed by atoms with Gasteiger partial charge in [0.1, 0.15) is 5.58 Å². The number of aromatic nitrogens is 2. The van der Waals surface area contributed by atoms with E-state index in [9.17, 15) is 0 Å². The van der Waals surface area contributed by atoms with Crippen LogP contribution in [-0.2, 0) is 38.4 Å². The Morgan fingerprint density at radius 1 is 0.764 bits per heavy atom. The van der Waals surface area contributed by atoms with E-state index in [-0.39, 0.29) is 25.5 Å². The van der Waals surface area contributed by atoms with Crippen LogP contribution in [0, 0.1) is 19.0 Å². The van der Waals surface area contributed by atoms with Crippen LogP contribution < -0.4 is 0 Å². The first-order valence-electron chi connectivity index (χ1n) is 20.8. The van der Waals surface area contributed by atoms with Crippen molar-refractivity contribution >= 4 is 21.9 Å². The van der Waals surface area contributed by atoms with Crippen LogP contribution in [0.1, 0.15) is 85.3 Å². The van der Waals surface area contributed by atoms with Crippen molar-refractivity contribution in [3.8, 4) is 33.6 Å². The number of benzene rings is 5. The number of hydrogen-bond donors (Lipinski definition) is 0. The number of furan rings is 1. The Morgan fingerprint density at radius 2 is 1.51 bits per heavy atom. The van der Waals surface area contributed by atoms with Gasteiger partial charge in [0.15, 0.2) is 0 Å². The number of aryl methyl sites for hydroxylation is 3. The van der Waals surface area contributed by atoms with E-state index in [0.717, 1.165) is 62.9 Å². The SMILES string of the molecule is [2H]C(C)(c1ccccc1)c1ccnc(-c2[c-]ccc(C(C)(C)C)c2)c1.[2H]C([2H])([2H])c1cc(-c2[c-]cc3oc4ccc5c(c4c3c2)CCCC5)ncc1-c1ccccc1.[Ir]. The summed E-state index contributed by atoms with van der Waals surface area (Å²) in [5, 5.41) is 2.22. The molecule has 0 bridgehead atoms. The Bertz CT molecular complexity index is 2730. The molecule has 1 aliphatic rings. The quantitative estimate of drug-likeness (QED) is 0.162. The largest absolute Gasteiger partial charge is 0.500 e. The number of hydrogen-bond acceptors (Lipinski definition) is 3. The first kappa shape index (κ1) is 33.2. The van der Waals surface area contributed by atoms with E-state index in [1.807, 2.05) is 97.9 Å². The Kier molecular flexibility index (Phi) is 9.84. The van der Waals surface area contributed by atoms with E-state index < -0.39 is 12.7 Å². The van der Waals surface area contributed by atoms with Gasteiger partial charge in [-0.25, -0.2) is 0 Å². The van der Waals surface area contributed by atoms with Crippen molar-refractivity contribution in [2.75, 3.05) is 0 Å². The van der Waals surface area contributed by atoms with Crippen LogP contribution in [0.3, 0.4) is 0 Å². The second kappa shape index (κ2) is 16.3. The summed E-state index contributed by atoms with van der Waals surface area (Å²) in [7, 11) is 0. The maximum Gasteiger partial charge on any atom is 0.121 e. The minimum absolute atomic E-state index is 0. The summed E-state index contributed by atoms with van der Waals surface area (Å²) in [6.45, 7) is 6.27. The normalized spacial score (nSPS) is 14.9. The third-order valence-corrected chi connectivity index (χ3v) is 10.5. The standard InChI is InChI=1S/C28H22NO.C23H24N.Ir/c1-18-15-25(29-17-24(18)19-7-3-2-4-8-19)21-12-13-26-23(16-21)28-22-10-6-5-9-20(22)11-14-27(28)30-26;1-17(18-9-6-5-7-10-18)19-13-14-24-22(16-19)20-11-8-12-21(15-20)23(2,3)4;/h2-4,7-8,11,13-17H,5-6,9-10H2,1H3;5-10,12-17H,1-4H3;/q2*-1;/i1D3;17D;. The Hall–Kier alpha value is -5.15. The van der Waals surface area contributed by atoms with Crippen LogP contribution in [-0.4, -0.2) is 9.97 Å². The second-order valence-corrected chi connectivity index (χ2v) is 15.2. The fourth-order valence-electron chi connectivity index (χ4n) is 7.41. The van der Waals surface area contributed by atoms with Gasteiger partial charge in [-0.2, -0.15) is 0 Å². The Balaban J connectivity index is 0.000000183. The Morgan fingerprint density at radius 3 is 2.29 bits per heavy atom. The first-order valence-corrected chi connectivity index (χ1v) is 18.8. The number of fused-ring (bicyclic) bond motifs is 5. The van der Waals surface area contributed by atoms with Crippen LogP contribution in [0.25, 0.3) is 55.6 Å². The van der Waals surface area contributed by atoms with Crippen molar-refractivity contribution in [2.45, 2.75) is 71.5 Å². The second-order valence-electron chi connectivity index (χ2n) is 15.2. The minimum atomic E-state index is -2.26. The monoisotopic (exact) mass is 899 g/mol. The summed E-state index contributed by atoms with van der Waals surface area (Å²) in [6.07, 6.45) is 8.03. The van der Waals surface area contributed by atoms with E-state index in [1.165, 1.54) is 34.9 Å². The molecule has 8 aromatic rings. The summed E-state index contributed by atoms with van der Waals surface area (Å²) < 4.78 is 39.4. The maximum atomic E-state index is 8.87. The third-order valence-electron chi connectivity index (χ3n) is 10.5. The average Bonchev–Trinajstić information content (AvgIpc) is 3.62. The van der Waals surface area contributed by atoms with Gasteiger partial charge in [0.25, 0.3) is 0 Å². The van der Waals surface area contributed by atoms with Crippen LogP contribution in [0.2, 0.25) is 0 Å². The van der Waals surface area contributed by atoms with E-state index in [2.05, 4.69) is 67.1 Å². The summed E-state index contributed by atoms with van der Waals surface area (Å²) in [5.74, 6) is -0.819. The molecule has 277 valence electrons. The molecule has 0 fully saturated rings. The van der Waals surface area contributed by atoms with Crippen molar-refractivity contribution in [1.82, 2.24) is 9.97 Å². The molecule has 1 radical (unpaired) electrons. The van der Waals surface area contributed by atoms with Gasteiger partial charge in [0, 0.05) is 54.8 Å². The number of nitrogens with zero attached hydrogens (tertiary/aromatic N) is 2. The molecule has 0 saturated carbocycles. The van der Waals surface area contributed by atoms with Gasteiger partial charge in [-0.3, -0.25) is 0 Å². The zero-order chi connectivity index (χ0) is 40.7. The fraction of sp³-hybridized carbons (Fsp3) is 0.216. The topological polar surface area (TPSA) is 38.9 Å². The van der Waals surface area contributed by atoms with Crippen LogP contribution in [0.5, 0.6) is 0 Å². The van der Waals surface area contributed by atoms with Gasteiger partial charge in [0.2, 0.25) is 0 Å². The molecule has 9 rings (SSSR count). The van der Waals surface area contributed by atoms with Crippen molar-refractivity contribution in [3.63, 3.8) is 0 Å². The predicted molar refractivity (Wildman–Crippen MR) is 224 cm³/mol. The van der Waals surface area contributed by atoms with E-state index in [4.69, 9.17) is 9.90 Å². The summed E-state index contributed by atoms with van der Waals surface area (Å²) in [6, 6.07) is 46.0. The van der Waals surface area contributed by atoms with Gasteiger partial charge in [-0.05, 0) is 94.9 Å². The van der Waals surface area contributed by atoms with E-state index in [1.54, 1.807) is 18.5 Å². The number of rotatable bonds is 5. The van der Waals surface area contributed by atoms with E-state index >= 15 is 0 Å². The molecule has 3 nitrogen and oxygen atoms in total. The van der Waals surface area contributed by atoms with Gasteiger partial charge in [0.05, 0.1) is 5.58 Å². The molecule has 0 spiro atoms. The maximum absolute atomic E-state index is 8.87. The molecule has 1 unspecified atom stereocenters. The third kappa shape index (κ3) is 8.13. The van der Waals surface area contributed by atoms with Crippen molar-refractivity contribution in [2.24, 2.45) is 0 Å². The molecule has 0 amide bonds.